The summed E-state index contributed by atoms with van der Waals surface area (Å²) in [6.07, 6.45) is 3.22. The van der Waals surface area contributed by atoms with Crippen LogP contribution < -0.4 is 4.74 Å². The minimum atomic E-state index is -1.07. The van der Waals surface area contributed by atoms with Crippen LogP contribution in [0.1, 0.15) is 81.3 Å². The van der Waals surface area contributed by atoms with E-state index in [1.165, 1.54) is 0 Å². The summed E-state index contributed by atoms with van der Waals surface area (Å²) < 4.78 is 5.95. The fourth-order valence-corrected chi connectivity index (χ4v) is 3.52. The molecular weight excluding hydrogens is 292 g/mol. The van der Waals surface area contributed by atoms with Gasteiger partial charge in [-0.25, -0.2) is 4.79 Å². The molecule has 23 heavy (non-hydrogen) atoms. The average molecular weight is 320 g/mol. The highest BCUT2D eigenvalue weighted by molar-refractivity contribution is 5.94. The van der Waals surface area contributed by atoms with Crippen molar-refractivity contribution in [3.8, 4) is 11.5 Å². The van der Waals surface area contributed by atoms with Crippen LogP contribution in [0.5, 0.6) is 11.5 Å². The first-order valence-electron chi connectivity index (χ1n) is 8.51. The maximum Gasteiger partial charge on any atom is 0.339 e. The van der Waals surface area contributed by atoms with Gasteiger partial charge in [0.2, 0.25) is 0 Å². The van der Waals surface area contributed by atoms with Crippen LogP contribution >= 0.6 is 0 Å². The molecule has 0 fully saturated rings. The molecule has 0 saturated heterocycles. The predicted octanol–water partition coefficient (Wildman–Crippen LogP) is 4.73. The highest BCUT2D eigenvalue weighted by Gasteiger charge is 2.40. The number of ether oxygens (including phenoxy) is 1. The van der Waals surface area contributed by atoms with Crippen molar-refractivity contribution in [2.45, 2.75) is 72.3 Å². The van der Waals surface area contributed by atoms with Crippen LogP contribution in [-0.2, 0) is 6.42 Å². The predicted molar refractivity (Wildman–Crippen MR) is 90.6 cm³/mol. The quantitative estimate of drug-likeness (QED) is 0.822. The maximum absolute atomic E-state index is 11.7. The zero-order chi connectivity index (χ0) is 17.4. The smallest absolute Gasteiger partial charge is 0.339 e. The lowest BCUT2D eigenvalue weighted by Gasteiger charge is -2.40. The Morgan fingerprint density at radius 2 is 2.04 bits per heavy atom. The van der Waals surface area contributed by atoms with Gasteiger partial charge in [-0.1, -0.05) is 40.5 Å². The molecule has 1 aromatic carbocycles. The Hall–Kier alpha value is -1.71. The SMILES string of the molecule is CCCc1cc2c(c(O)c1C(=O)O)C(C(C)(C)CC)CC(C)O2. The lowest BCUT2D eigenvalue weighted by molar-refractivity contribution is 0.0690. The Balaban J connectivity index is 2.70. The molecule has 0 bridgehead atoms. The van der Waals surface area contributed by atoms with Gasteiger partial charge in [-0.2, -0.15) is 0 Å². The highest BCUT2D eigenvalue weighted by Crippen LogP contribution is 2.52. The fourth-order valence-electron chi connectivity index (χ4n) is 3.52. The van der Waals surface area contributed by atoms with E-state index in [9.17, 15) is 15.0 Å². The van der Waals surface area contributed by atoms with Crippen molar-refractivity contribution in [1.29, 1.82) is 0 Å². The Kier molecular flexibility index (Phi) is 4.92. The number of carbonyl (C=O) groups is 1. The van der Waals surface area contributed by atoms with Crippen molar-refractivity contribution in [2.24, 2.45) is 5.41 Å². The normalized spacial score (nSPS) is 20.7. The lowest BCUT2D eigenvalue weighted by atomic mass is 9.69. The fraction of sp³-hybridized carbons (Fsp3) is 0.632. The second-order valence-corrected chi connectivity index (χ2v) is 7.29. The number of aromatic carboxylic acids is 1. The van der Waals surface area contributed by atoms with Gasteiger partial charge in [0.1, 0.15) is 17.1 Å². The number of aromatic hydroxyl groups is 1. The van der Waals surface area contributed by atoms with E-state index in [1.807, 2.05) is 19.9 Å². The van der Waals surface area contributed by atoms with Gasteiger partial charge in [0, 0.05) is 5.56 Å². The number of hydrogen-bond donors (Lipinski definition) is 2. The van der Waals surface area contributed by atoms with Crippen LogP contribution in [0.25, 0.3) is 0 Å². The largest absolute Gasteiger partial charge is 0.507 e. The monoisotopic (exact) mass is 320 g/mol. The number of hydrogen-bond acceptors (Lipinski definition) is 3. The molecule has 1 aliphatic rings. The zero-order valence-corrected chi connectivity index (χ0v) is 14.8. The van der Waals surface area contributed by atoms with E-state index in [-0.39, 0.29) is 28.7 Å². The van der Waals surface area contributed by atoms with Crippen molar-refractivity contribution >= 4 is 5.97 Å². The number of benzene rings is 1. The molecule has 0 amide bonds. The molecule has 2 unspecified atom stereocenters. The molecule has 0 aromatic heterocycles. The molecule has 0 saturated carbocycles. The molecule has 128 valence electrons. The third kappa shape index (κ3) is 3.17. The summed E-state index contributed by atoms with van der Waals surface area (Å²) in [7, 11) is 0. The molecule has 2 atom stereocenters. The van der Waals surface area contributed by atoms with E-state index >= 15 is 0 Å². The number of carboxylic acids is 1. The first-order valence-corrected chi connectivity index (χ1v) is 8.51. The van der Waals surface area contributed by atoms with E-state index < -0.39 is 5.97 Å². The zero-order valence-electron chi connectivity index (χ0n) is 14.8. The second-order valence-electron chi connectivity index (χ2n) is 7.29. The molecular formula is C19H28O4. The first kappa shape index (κ1) is 17.6. The van der Waals surface area contributed by atoms with Crippen LogP contribution in [0.15, 0.2) is 6.07 Å². The second kappa shape index (κ2) is 6.42. The van der Waals surface area contributed by atoms with Crippen LogP contribution in [0, 0.1) is 5.41 Å². The molecule has 4 heteroatoms. The minimum absolute atomic E-state index is 0.0354. The molecule has 0 spiro atoms. The molecule has 4 nitrogen and oxygen atoms in total. The number of fused-ring (bicyclic) bond motifs is 1. The van der Waals surface area contributed by atoms with Crippen LogP contribution in [0.2, 0.25) is 0 Å². The Labute approximate surface area is 138 Å². The minimum Gasteiger partial charge on any atom is -0.507 e. The van der Waals surface area contributed by atoms with Crippen LogP contribution in [0.3, 0.4) is 0 Å². The number of phenols is 1. The summed E-state index contributed by atoms with van der Waals surface area (Å²) in [6.45, 7) is 10.5. The van der Waals surface area contributed by atoms with Crippen LogP contribution in [0.4, 0.5) is 0 Å². The van der Waals surface area contributed by atoms with Gasteiger partial charge in [0.25, 0.3) is 0 Å². The average Bonchev–Trinajstić information content (AvgIpc) is 2.46. The third-order valence-corrected chi connectivity index (χ3v) is 5.22. The Bertz CT molecular complexity index is 604. The van der Waals surface area contributed by atoms with Gasteiger partial charge in [-0.15, -0.1) is 0 Å². The van der Waals surface area contributed by atoms with Gasteiger partial charge in [0.15, 0.2) is 0 Å². The van der Waals surface area contributed by atoms with Gasteiger partial charge in [0.05, 0.1) is 6.10 Å². The van der Waals surface area contributed by atoms with E-state index in [0.29, 0.717) is 23.3 Å². The lowest BCUT2D eigenvalue weighted by Crippen LogP contribution is -2.32. The maximum atomic E-state index is 11.7. The highest BCUT2D eigenvalue weighted by atomic mass is 16.5. The van der Waals surface area contributed by atoms with Crippen molar-refractivity contribution in [2.75, 3.05) is 0 Å². The van der Waals surface area contributed by atoms with E-state index in [1.54, 1.807) is 0 Å². The Morgan fingerprint density at radius 3 is 2.57 bits per heavy atom. The van der Waals surface area contributed by atoms with Crippen LogP contribution in [-0.4, -0.2) is 22.3 Å². The van der Waals surface area contributed by atoms with E-state index in [4.69, 9.17) is 4.74 Å². The molecule has 1 heterocycles. The van der Waals surface area contributed by atoms with Gasteiger partial charge < -0.3 is 14.9 Å². The third-order valence-electron chi connectivity index (χ3n) is 5.22. The summed E-state index contributed by atoms with van der Waals surface area (Å²) in [5.41, 5.74) is 1.33. The first-order chi connectivity index (χ1) is 10.7. The number of aryl methyl sites for hydroxylation is 1. The van der Waals surface area contributed by atoms with E-state index in [0.717, 1.165) is 19.3 Å². The molecule has 1 aliphatic heterocycles. The molecule has 0 aliphatic carbocycles. The topological polar surface area (TPSA) is 66.8 Å². The van der Waals surface area contributed by atoms with Gasteiger partial charge in [-0.05, 0) is 42.7 Å². The molecule has 1 aromatic rings. The van der Waals surface area contributed by atoms with Crippen molar-refractivity contribution in [1.82, 2.24) is 0 Å². The number of rotatable bonds is 5. The summed E-state index contributed by atoms with van der Waals surface area (Å²) in [5.74, 6) is -0.432. The summed E-state index contributed by atoms with van der Waals surface area (Å²) in [6, 6.07) is 1.83. The summed E-state index contributed by atoms with van der Waals surface area (Å²) in [4.78, 5) is 11.7. The molecule has 0 radical (unpaired) electrons. The summed E-state index contributed by atoms with van der Waals surface area (Å²) in [5, 5.41) is 20.3. The molecule has 2 N–H and O–H groups in total. The summed E-state index contributed by atoms with van der Waals surface area (Å²) >= 11 is 0. The molecule has 2 rings (SSSR count). The van der Waals surface area contributed by atoms with Crippen molar-refractivity contribution in [3.05, 3.63) is 22.8 Å². The van der Waals surface area contributed by atoms with Crippen molar-refractivity contribution < 1.29 is 19.7 Å². The Morgan fingerprint density at radius 1 is 1.39 bits per heavy atom. The van der Waals surface area contributed by atoms with E-state index in [2.05, 4.69) is 20.8 Å². The van der Waals surface area contributed by atoms with Gasteiger partial charge >= 0.3 is 5.97 Å². The standard InChI is InChI=1S/C19H28O4/c1-6-8-12-10-14-16(17(20)15(12)18(21)22)13(9-11(3)23-14)19(4,5)7-2/h10-11,13,20H,6-9H2,1-5H3,(H,21,22). The van der Waals surface area contributed by atoms with Crippen molar-refractivity contribution in [3.63, 3.8) is 0 Å². The number of carboxylic acid groups (broad SMARTS) is 1. The van der Waals surface area contributed by atoms with Gasteiger partial charge in [-0.3, -0.25) is 0 Å².